The van der Waals surface area contributed by atoms with Crippen LogP contribution in [0.25, 0.3) is 10.9 Å². The third-order valence-electron chi connectivity index (χ3n) is 4.36. The number of hydrogen-bond donors (Lipinski definition) is 2. The average Bonchev–Trinajstić information content (AvgIpc) is 2.99. The molecule has 2 aromatic carbocycles. The Balaban J connectivity index is 1.58. The first-order valence-electron chi connectivity index (χ1n) is 8.31. The highest BCUT2D eigenvalue weighted by molar-refractivity contribution is 6.02. The minimum atomic E-state index is -0.610. The largest absolute Gasteiger partial charge is 0.493 e. The molecule has 0 radical (unpaired) electrons. The lowest BCUT2D eigenvalue weighted by Gasteiger charge is -2.27. The Kier molecular flexibility index (Phi) is 4.08. The SMILES string of the molecule is Cc1cccc2c(N=NC(=O)CN3C(=O)COc4ccccc43)c(O)[nH]c12. The maximum absolute atomic E-state index is 12.3. The Bertz CT molecular complexity index is 1090. The Morgan fingerprint density at radius 3 is 2.93 bits per heavy atom. The van der Waals surface area contributed by atoms with Crippen LogP contribution in [-0.4, -0.2) is 35.1 Å². The Morgan fingerprint density at radius 2 is 2.07 bits per heavy atom. The smallest absolute Gasteiger partial charge is 0.284 e. The van der Waals surface area contributed by atoms with Crippen molar-refractivity contribution >= 4 is 34.1 Å². The summed E-state index contributed by atoms with van der Waals surface area (Å²) in [5.74, 6) is -0.570. The third kappa shape index (κ3) is 3.01. The van der Waals surface area contributed by atoms with Crippen molar-refractivity contribution in [2.45, 2.75) is 6.92 Å². The average molecular weight is 364 g/mol. The van der Waals surface area contributed by atoms with Gasteiger partial charge in [-0.05, 0) is 24.6 Å². The minimum Gasteiger partial charge on any atom is -0.493 e. The highest BCUT2D eigenvalue weighted by Gasteiger charge is 2.27. The highest BCUT2D eigenvalue weighted by atomic mass is 16.5. The molecule has 0 saturated heterocycles. The first kappa shape index (κ1) is 16.8. The number of hydrogen-bond acceptors (Lipinski definition) is 5. The number of anilines is 1. The lowest BCUT2D eigenvalue weighted by Crippen LogP contribution is -2.41. The zero-order valence-corrected chi connectivity index (χ0v) is 14.5. The Hall–Kier alpha value is -3.68. The second-order valence-electron chi connectivity index (χ2n) is 6.15. The fourth-order valence-corrected chi connectivity index (χ4v) is 3.04. The molecule has 0 bridgehead atoms. The number of para-hydroxylation sites is 3. The summed E-state index contributed by atoms with van der Waals surface area (Å²) in [7, 11) is 0. The molecule has 136 valence electrons. The van der Waals surface area contributed by atoms with Crippen LogP contribution in [0.1, 0.15) is 5.56 Å². The number of aryl methyl sites for hydroxylation is 1. The van der Waals surface area contributed by atoms with E-state index in [0.29, 0.717) is 16.8 Å². The van der Waals surface area contributed by atoms with Gasteiger partial charge in [0, 0.05) is 5.39 Å². The van der Waals surface area contributed by atoms with Crippen molar-refractivity contribution in [1.29, 1.82) is 0 Å². The van der Waals surface area contributed by atoms with Gasteiger partial charge in [-0.3, -0.25) is 14.5 Å². The van der Waals surface area contributed by atoms with E-state index in [4.69, 9.17) is 4.74 Å². The topological polar surface area (TPSA) is 107 Å². The molecular formula is C19H16N4O4. The molecule has 8 heteroatoms. The van der Waals surface area contributed by atoms with Crippen LogP contribution in [0.3, 0.4) is 0 Å². The van der Waals surface area contributed by atoms with Crippen molar-refractivity contribution in [3.63, 3.8) is 0 Å². The molecule has 0 unspecified atom stereocenters. The molecule has 0 spiro atoms. The number of nitrogens with one attached hydrogen (secondary N) is 1. The lowest BCUT2D eigenvalue weighted by atomic mass is 10.1. The van der Waals surface area contributed by atoms with Crippen molar-refractivity contribution in [3.05, 3.63) is 48.0 Å². The molecule has 0 atom stereocenters. The predicted molar refractivity (Wildman–Crippen MR) is 98.5 cm³/mol. The molecule has 2 heterocycles. The molecule has 2 amide bonds. The quantitative estimate of drug-likeness (QED) is 0.696. The number of aromatic nitrogens is 1. The van der Waals surface area contributed by atoms with Gasteiger partial charge in [-0.25, -0.2) is 0 Å². The summed E-state index contributed by atoms with van der Waals surface area (Å²) >= 11 is 0. The van der Waals surface area contributed by atoms with Gasteiger partial charge in [0.05, 0.1) is 11.2 Å². The second kappa shape index (κ2) is 6.56. The summed E-state index contributed by atoms with van der Waals surface area (Å²) in [6, 6.07) is 12.5. The molecule has 8 nitrogen and oxygen atoms in total. The van der Waals surface area contributed by atoms with E-state index in [2.05, 4.69) is 15.2 Å². The van der Waals surface area contributed by atoms with Crippen molar-refractivity contribution in [2.75, 3.05) is 18.1 Å². The zero-order chi connectivity index (χ0) is 19.0. The van der Waals surface area contributed by atoms with Crippen LogP contribution in [0.15, 0.2) is 52.7 Å². The van der Waals surface area contributed by atoms with E-state index in [1.54, 1.807) is 30.3 Å². The van der Waals surface area contributed by atoms with Gasteiger partial charge in [0.1, 0.15) is 12.3 Å². The summed E-state index contributed by atoms with van der Waals surface area (Å²) < 4.78 is 5.35. The number of benzene rings is 2. The molecular weight excluding hydrogens is 348 g/mol. The van der Waals surface area contributed by atoms with Gasteiger partial charge in [-0.2, -0.15) is 0 Å². The van der Waals surface area contributed by atoms with E-state index < -0.39 is 5.91 Å². The molecule has 2 N–H and O–H groups in total. The van der Waals surface area contributed by atoms with Crippen molar-refractivity contribution in [3.8, 4) is 11.6 Å². The summed E-state index contributed by atoms with van der Waals surface area (Å²) in [6.45, 7) is 1.50. The molecule has 0 fully saturated rings. The van der Waals surface area contributed by atoms with Crippen LogP contribution in [0.4, 0.5) is 11.4 Å². The zero-order valence-electron chi connectivity index (χ0n) is 14.5. The normalized spacial score (nSPS) is 13.8. The molecule has 27 heavy (non-hydrogen) atoms. The number of nitrogens with zero attached hydrogens (tertiary/aromatic N) is 3. The Morgan fingerprint density at radius 1 is 1.26 bits per heavy atom. The maximum atomic E-state index is 12.3. The molecule has 4 rings (SSSR count). The van der Waals surface area contributed by atoms with Crippen LogP contribution in [0, 0.1) is 6.92 Å². The number of rotatable bonds is 3. The van der Waals surface area contributed by atoms with E-state index >= 15 is 0 Å². The van der Waals surface area contributed by atoms with E-state index in [1.165, 1.54) is 4.90 Å². The van der Waals surface area contributed by atoms with Crippen LogP contribution in [0.2, 0.25) is 0 Å². The number of aromatic amines is 1. The van der Waals surface area contributed by atoms with Gasteiger partial charge in [-0.1, -0.05) is 30.3 Å². The van der Waals surface area contributed by atoms with Crippen LogP contribution >= 0.6 is 0 Å². The number of fused-ring (bicyclic) bond motifs is 2. The lowest BCUT2D eigenvalue weighted by molar-refractivity contribution is -0.124. The number of ether oxygens (including phenoxy) is 1. The Labute approximate surface area is 154 Å². The summed E-state index contributed by atoms with van der Waals surface area (Å²) in [5, 5.41) is 18.3. The van der Waals surface area contributed by atoms with Gasteiger partial charge in [-0.15, -0.1) is 10.2 Å². The molecule has 1 aliphatic heterocycles. The number of carbonyl (C=O) groups excluding carboxylic acids is 2. The van der Waals surface area contributed by atoms with Crippen LogP contribution in [0.5, 0.6) is 11.6 Å². The first-order valence-corrected chi connectivity index (χ1v) is 8.31. The number of H-pyrrole nitrogens is 1. The van der Waals surface area contributed by atoms with Gasteiger partial charge in [0.15, 0.2) is 12.3 Å². The number of amides is 2. The van der Waals surface area contributed by atoms with Gasteiger partial charge in [0.25, 0.3) is 11.8 Å². The first-order chi connectivity index (χ1) is 13.0. The standard InChI is InChI=1S/C19H16N4O4/c1-11-5-4-6-12-17(11)20-19(26)18(12)22-21-15(24)9-23-13-7-2-3-8-14(13)27-10-16(23)25/h2-8,20,26H,9-10H2,1H3. The van der Waals surface area contributed by atoms with Gasteiger partial charge < -0.3 is 14.8 Å². The van der Waals surface area contributed by atoms with E-state index in [0.717, 1.165) is 11.1 Å². The monoisotopic (exact) mass is 364 g/mol. The third-order valence-corrected chi connectivity index (χ3v) is 4.36. The molecule has 1 aliphatic rings. The van der Waals surface area contributed by atoms with E-state index in [1.807, 2.05) is 19.1 Å². The molecule has 0 saturated carbocycles. The van der Waals surface area contributed by atoms with Crippen molar-refractivity contribution in [2.24, 2.45) is 10.2 Å². The predicted octanol–water partition coefficient (Wildman–Crippen LogP) is 3.22. The fraction of sp³-hybridized carbons (Fsp3) is 0.158. The number of carbonyl (C=O) groups is 2. The van der Waals surface area contributed by atoms with Gasteiger partial charge >= 0.3 is 0 Å². The molecule has 0 aliphatic carbocycles. The summed E-state index contributed by atoms with van der Waals surface area (Å²) in [6.07, 6.45) is 0. The summed E-state index contributed by atoms with van der Waals surface area (Å²) in [4.78, 5) is 28.6. The summed E-state index contributed by atoms with van der Waals surface area (Å²) in [5.41, 5.74) is 2.37. The van der Waals surface area contributed by atoms with E-state index in [-0.39, 0.29) is 30.6 Å². The van der Waals surface area contributed by atoms with Crippen molar-refractivity contribution < 1.29 is 19.4 Å². The van der Waals surface area contributed by atoms with Gasteiger partial charge in [0.2, 0.25) is 5.88 Å². The van der Waals surface area contributed by atoms with Crippen molar-refractivity contribution in [1.82, 2.24) is 4.98 Å². The maximum Gasteiger partial charge on any atom is 0.284 e. The molecule has 1 aromatic heterocycles. The number of aromatic hydroxyl groups is 1. The minimum absolute atomic E-state index is 0.135. The highest BCUT2D eigenvalue weighted by Crippen LogP contribution is 2.36. The molecule has 3 aromatic rings. The number of azo groups is 1. The van der Waals surface area contributed by atoms with E-state index in [9.17, 15) is 14.7 Å². The second-order valence-corrected chi connectivity index (χ2v) is 6.15. The van der Waals surface area contributed by atoms with Crippen LogP contribution in [-0.2, 0) is 9.59 Å². The fourth-order valence-electron chi connectivity index (χ4n) is 3.04. The van der Waals surface area contributed by atoms with Crippen LogP contribution < -0.4 is 9.64 Å².